The number of benzene rings is 1. The molecule has 1 aromatic heterocycles. The fraction of sp³-hybridized carbons (Fsp3) is 0.286. The molecule has 1 fully saturated rings. The largest absolute Gasteiger partial charge is 0.398 e. The topological polar surface area (TPSA) is 63.4 Å². The number of rotatable bonds is 3. The van der Waals surface area contributed by atoms with E-state index in [4.69, 9.17) is 17.3 Å². The molecular weight excluding hydrogens is 328 g/mol. The highest BCUT2D eigenvalue weighted by Crippen LogP contribution is 2.39. The van der Waals surface area contributed by atoms with Crippen molar-refractivity contribution in [3.8, 4) is 0 Å². The lowest BCUT2D eigenvalue weighted by Crippen LogP contribution is -2.30. The van der Waals surface area contributed by atoms with Crippen LogP contribution in [0.3, 0.4) is 0 Å². The van der Waals surface area contributed by atoms with Crippen LogP contribution in [-0.2, 0) is 10.0 Å². The molecule has 0 aliphatic carbocycles. The summed E-state index contributed by atoms with van der Waals surface area (Å²) in [6.45, 7) is 0.511. The maximum atomic E-state index is 12.9. The van der Waals surface area contributed by atoms with Gasteiger partial charge in [0.1, 0.15) is 4.90 Å². The Balaban J connectivity index is 2.03. The Hall–Kier alpha value is -1.08. The third kappa shape index (κ3) is 2.68. The highest BCUT2D eigenvalue weighted by molar-refractivity contribution is 7.89. The number of thiophene rings is 1. The summed E-state index contributed by atoms with van der Waals surface area (Å²) in [5.74, 6) is 0. The highest BCUT2D eigenvalue weighted by Gasteiger charge is 2.37. The number of halogens is 1. The molecule has 2 aromatic rings. The van der Waals surface area contributed by atoms with Gasteiger partial charge in [0.05, 0.1) is 11.7 Å². The quantitative estimate of drug-likeness (QED) is 0.868. The number of nitrogens with two attached hydrogens (primary N) is 1. The zero-order valence-corrected chi connectivity index (χ0v) is 13.6. The van der Waals surface area contributed by atoms with E-state index in [0.717, 1.165) is 17.7 Å². The SMILES string of the molecule is Nc1ccc(Cl)cc1S(=O)(=O)N1CCCC1c1cccs1. The van der Waals surface area contributed by atoms with E-state index in [1.165, 1.54) is 12.1 Å². The summed E-state index contributed by atoms with van der Waals surface area (Å²) in [5.41, 5.74) is 6.08. The van der Waals surface area contributed by atoms with Crippen molar-refractivity contribution < 1.29 is 8.42 Å². The standard InChI is InChI=1S/C14H15ClN2O2S2/c15-10-5-6-11(16)14(9-10)21(18,19)17-7-1-3-12(17)13-4-2-8-20-13/h2,4-6,8-9,12H,1,3,7,16H2. The van der Waals surface area contributed by atoms with Gasteiger partial charge in [0.2, 0.25) is 10.0 Å². The van der Waals surface area contributed by atoms with Gasteiger partial charge < -0.3 is 5.73 Å². The van der Waals surface area contributed by atoms with Crippen LogP contribution in [0.1, 0.15) is 23.8 Å². The van der Waals surface area contributed by atoms with Crippen LogP contribution in [0.25, 0.3) is 0 Å². The Morgan fingerprint density at radius 1 is 1.33 bits per heavy atom. The van der Waals surface area contributed by atoms with Gasteiger partial charge >= 0.3 is 0 Å². The summed E-state index contributed by atoms with van der Waals surface area (Å²) >= 11 is 7.51. The first kappa shape index (κ1) is 14.8. The van der Waals surface area contributed by atoms with Crippen LogP contribution in [0.4, 0.5) is 5.69 Å². The van der Waals surface area contributed by atoms with Crippen LogP contribution in [-0.4, -0.2) is 19.3 Å². The van der Waals surface area contributed by atoms with Crippen molar-refractivity contribution in [1.82, 2.24) is 4.31 Å². The minimum Gasteiger partial charge on any atom is -0.398 e. The van der Waals surface area contributed by atoms with Crippen molar-refractivity contribution in [2.75, 3.05) is 12.3 Å². The minimum absolute atomic E-state index is 0.0958. The lowest BCUT2D eigenvalue weighted by Gasteiger charge is -2.24. The van der Waals surface area contributed by atoms with E-state index in [-0.39, 0.29) is 16.6 Å². The highest BCUT2D eigenvalue weighted by atomic mass is 35.5. The van der Waals surface area contributed by atoms with Gasteiger partial charge in [0, 0.05) is 16.4 Å². The second-order valence-corrected chi connectivity index (χ2v) is 8.25. The number of hydrogen-bond donors (Lipinski definition) is 1. The molecule has 1 aliphatic rings. The van der Waals surface area contributed by atoms with Crippen molar-refractivity contribution in [3.63, 3.8) is 0 Å². The molecule has 2 N–H and O–H groups in total. The lowest BCUT2D eigenvalue weighted by molar-refractivity contribution is 0.401. The van der Waals surface area contributed by atoms with Crippen LogP contribution < -0.4 is 5.73 Å². The molecular formula is C14H15ClN2O2S2. The van der Waals surface area contributed by atoms with Gasteiger partial charge in [-0.15, -0.1) is 11.3 Å². The summed E-state index contributed by atoms with van der Waals surface area (Å²) in [6.07, 6.45) is 1.68. The molecule has 1 aromatic carbocycles. The number of hydrogen-bond acceptors (Lipinski definition) is 4. The summed E-state index contributed by atoms with van der Waals surface area (Å²) in [7, 11) is -3.64. The first-order valence-electron chi connectivity index (χ1n) is 6.60. The fourth-order valence-corrected chi connectivity index (χ4v) is 5.65. The average molecular weight is 343 g/mol. The van der Waals surface area contributed by atoms with E-state index in [1.807, 2.05) is 17.5 Å². The van der Waals surface area contributed by atoms with Crippen molar-refractivity contribution in [2.45, 2.75) is 23.8 Å². The van der Waals surface area contributed by atoms with Gasteiger partial charge in [-0.2, -0.15) is 4.31 Å². The molecule has 0 spiro atoms. The van der Waals surface area contributed by atoms with E-state index < -0.39 is 10.0 Å². The maximum Gasteiger partial charge on any atom is 0.245 e. The molecule has 0 radical (unpaired) electrons. The number of anilines is 1. The van der Waals surface area contributed by atoms with Gasteiger partial charge in [-0.3, -0.25) is 0 Å². The van der Waals surface area contributed by atoms with Crippen LogP contribution in [0.15, 0.2) is 40.6 Å². The van der Waals surface area contributed by atoms with Gasteiger partial charge in [-0.05, 0) is 42.5 Å². The second kappa shape index (κ2) is 5.61. The minimum atomic E-state index is -3.64. The molecule has 21 heavy (non-hydrogen) atoms. The van der Waals surface area contributed by atoms with Gasteiger partial charge in [-0.1, -0.05) is 17.7 Å². The zero-order valence-electron chi connectivity index (χ0n) is 11.2. The molecule has 2 heterocycles. The Morgan fingerprint density at radius 2 is 2.14 bits per heavy atom. The number of nitrogen functional groups attached to an aromatic ring is 1. The maximum absolute atomic E-state index is 12.9. The van der Waals surface area contributed by atoms with Crippen LogP contribution in [0, 0.1) is 0 Å². The summed E-state index contributed by atoms with van der Waals surface area (Å²) in [5, 5.41) is 2.33. The van der Waals surface area contributed by atoms with Gasteiger partial charge in [0.15, 0.2) is 0 Å². The zero-order chi connectivity index (χ0) is 15.0. The Bertz CT molecular complexity index is 744. The Labute approximate surface area is 133 Å². The summed E-state index contributed by atoms with van der Waals surface area (Å²) < 4.78 is 27.4. The molecule has 1 saturated heterocycles. The second-order valence-electron chi connectivity index (χ2n) is 4.97. The van der Waals surface area contributed by atoms with Crippen LogP contribution >= 0.6 is 22.9 Å². The van der Waals surface area contributed by atoms with E-state index in [9.17, 15) is 8.42 Å². The molecule has 112 valence electrons. The first-order valence-corrected chi connectivity index (χ1v) is 9.30. The molecule has 3 rings (SSSR count). The molecule has 4 nitrogen and oxygen atoms in total. The third-order valence-corrected chi connectivity index (χ3v) is 6.81. The molecule has 1 aliphatic heterocycles. The summed E-state index contributed by atoms with van der Waals surface area (Å²) in [4.78, 5) is 1.16. The number of sulfonamides is 1. The van der Waals surface area contributed by atoms with Gasteiger partial charge in [0.25, 0.3) is 0 Å². The van der Waals surface area contributed by atoms with Crippen molar-refractivity contribution in [3.05, 3.63) is 45.6 Å². The molecule has 7 heteroatoms. The van der Waals surface area contributed by atoms with E-state index >= 15 is 0 Å². The fourth-order valence-electron chi connectivity index (χ4n) is 2.65. The molecule has 1 unspecified atom stereocenters. The Morgan fingerprint density at radius 3 is 2.86 bits per heavy atom. The molecule has 0 bridgehead atoms. The third-order valence-electron chi connectivity index (χ3n) is 3.64. The predicted octanol–water partition coefficient (Wildman–Crippen LogP) is 3.51. The van der Waals surface area contributed by atoms with E-state index in [2.05, 4.69) is 0 Å². The molecule has 0 saturated carbocycles. The van der Waals surface area contributed by atoms with Crippen molar-refractivity contribution >= 4 is 38.6 Å². The van der Waals surface area contributed by atoms with Gasteiger partial charge in [-0.25, -0.2) is 8.42 Å². The predicted molar refractivity (Wildman–Crippen MR) is 86.1 cm³/mol. The summed E-state index contributed by atoms with van der Waals surface area (Å²) in [6, 6.07) is 8.37. The first-order chi connectivity index (χ1) is 10.00. The average Bonchev–Trinajstić information content (AvgIpc) is 3.10. The van der Waals surface area contributed by atoms with Crippen LogP contribution in [0.2, 0.25) is 5.02 Å². The van der Waals surface area contributed by atoms with Crippen molar-refractivity contribution in [2.24, 2.45) is 0 Å². The molecule has 0 amide bonds. The van der Waals surface area contributed by atoms with Crippen LogP contribution in [0.5, 0.6) is 0 Å². The smallest absolute Gasteiger partial charge is 0.245 e. The van der Waals surface area contributed by atoms with E-state index in [1.54, 1.807) is 21.7 Å². The monoisotopic (exact) mass is 342 g/mol. The van der Waals surface area contributed by atoms with E-state index in [0.29, 0.717) is 11.6 Å². The van der Waals surface area contributed by atoms with Crippen molar-refractivity contribution in [1.29, 1.82) is 0 Å². The lowest BCUT2D eigenvalue weighted by atomic mass is 10.2. The Kier molecular flexibility index (Phi) is 3.96. The number of nitrogens with zero attached hydrogens (tertiary/aromatic N) is 1. The molecule has 1 atom stereocenters. The normalized spacial score (nSPS) is 20.0.